The quantitative estimate of drug-likeness (QED) is 0.784. The number of amides is 1. The van der Waals surface area contributed by atoms with Gasteiger partial charge in [-0.2, -0.15) is 0 Å². The van der Waals surface area contributed by atoms with Crippen LogP contribution >= 0.6 is 11.6 Å². The predicted molar refractivity (Wildman–Crippen MR) is 71.9 cm³/mol. The molecule has 0 aliphatic heterocycles. The number of nitrogens with one attached hydrogen (secondary N) is 1. The molecule has 0 aliphatic carbocycles. The van der Waals surface area contributed by atoms with Gasteiger partial charge in [0, 0.05) is 13.2 Å². The number of carbonyl (C=O) groups is 2. The van der Waals surface area contributed by atoms with Crippen molar-refractivity contribution in [3.05, 3.63) is 40.7 Å². The number of carbonyl (C=O) groups excluding carboxylic acids is 1. The van der Waals surface area contributed by atoms with Gasteiger partial charge in [0.1, 0.15) is 5.82 Å². The molecule has 7 heteroatoms. The molecule has 1 rings (SSSR count). The SMILES string of the molecule is COC(CNC(=O)/C=C/c1ccc(F)c(Cl)c1)C(=O)O. The first-order chi connectivity index (χ1) is 9.43. The molecule has 0 aliphatic rings. The van der Waals surface area contributed by atoms with E-state index in [9.17, 15) is 14.0 Å². The summed E-state index contributed by atoms with van der Waals surface area (Å²) in [6, 6.07) is 4.02. The number of aliphatic carboxylic acids is 1. The van der Waals surface area contributed by atoms with E-state index in [-0.39, 0.29) is 11.6 Å². The van der Waals surface area contributed by atoms with Gasteiger partial charge in [-0.3, -0.25) is 4.79 Å². The molecular weight excluding hydrogens is 289 g/mol. The topological polar surface area (TPSA) is 75.6 Å². The summed E-state index contributed by atoms with van der Waals surface area (Å²) < 4.78 is 17.6. The summed E-state index contributed by atoms with van der Waals surface area (Å²) in [7, 11) is 1.24. The lowest BCUT2D eigenvalue weighted by Gasteiger charge is -2.10. The maximum absolute atomic E-state index is 12.9. The number of rotatable bonds is 6. The Bertz CT molecular complexity index is 533. The standard InChI is InChI=1S/C13H13ClFNO4/c1-20-11(13(18)19)7-16-12(17)5-3-8-2-4-10(15)9(14)6-8/h2-6,11H,7H2,1H3,(H,16,17)(H,18,19)/b5-3+. The molecule has 1 aromatic rings. The first-order valence-corrected chi connectivity index (χ1v) is 5.98. The average molecular weight is 302 g/mol. The van der Waals surface area contributed by atoms with Crippen molar-refractivity contribution in [2.45, 2.75) is 6.10 Å². The Labute approximate surface area is 120 Å². The number of benzene rings is 1. The molecular formula is C13H13ClFNO4. The normalized spacial score (nSPS) is 12.3. The largest absolute Gasteiger partial charge is 0.479 e. The molecule has 5 nitrogen and oxygen atoms in total. The summed E-state index contributed by atoms with van der Waals surface area (Å²) in [5, 5.41) is 11.0. The van der Waals surface area contributed by atoms with E-state index >= 15 is 0 Å². The molecule has 2 N–H and O–H groups in total. The number of hydrogen-bond acceptors (Lipinski definition) is 3. The van der Waals surface area contributed by atoms with Gasteiger partial charge in [-0.15, -0.1) is 0 Å². The first-order valence-electron chi connectivity index (χ1n) is 5.60. The van der Waals surface area contributed by atoms with Crippen molar-refractivity contribution in [1.82, 2.24) is 5.32 Å². The second-order valence-electron chi connectivity index (χ2n) is 3.81. The maximum Gasteiger partial charge on any atom is 0.334 e. The van der Waals surface area contributed by atoms with Gasteiger partial charge in [0.15, 0.2) is 6.10 Å². The van der Waals surface area contributed by atoms with Crippen molar-refractivity contribution >= 4 is 29.6 Å². The van der Waals surface area contributed by atoms with E-state index in [1.165, 1.54) is 37.5 Å². The molecule has 0 heterocycles. The Hall–Kier alpha value is -1.92. The Kier molecular flexibility index (Phi) is 6.14. The van der Waals surface area contributed by atoms with E-state index in [4.69, 9.17) is 16.7 Å². The third-order valence-corrected chi connectivity index (χ3v) is 2.68. The van der Waals surface area contributed by atoms with Gasteiger partial charge in [-0.25, -0.2) is 9.18 Å². The summed E-state index contributed by atoms with van der Waals surface area (Å²) in [6.07, 6.45) is 1.52. The summed E-state index contributed by atoms with van der Waals surface area (Å²) in [4.78, 5) is 22.1. The Balaban J connectivity index is 2.55. The third kappa shape index (κ3) is 4.99. The summed E-state index contributed by atoms with van der Waals surface area (Å²) in [5.41, 5.74) is 0.549. The fourth-order valence-corrected chi connectivity index (χ4v) is 1.50. The lowest BCUT2D eigenvalue weighted by atomic mass is 10.2. The molecule has 0 saturated carbocycles. The van der Waals surface area contributed by atoms with Gasteiger partial charge >= 0.3 is 5.97 Å². The highest BCUT2D eigenvalue weighted by molar-refractivity contribution is 6.30. The van der Waals surface area contributed by atoms with E-state index in [2.05, 4.69) is 10.1 Å². The maximum atomic E-state index is 12.9. The van der Waals surface area contributed by atoms with Gasteiger partial charge in [-0.1, -0.05) is 17.7 Å². The smallest absolute Gasteiger partial charge is 0.334 e. The molecule has 0 radical (unpaired) electrons. The van der Waals surface area contributed by atoms with Crippen molar-refractivity contribution in [3.63, 3.8) is 0 Å². The molecule has 0 saturated heterocycles. The van der Waals surface area contributed by atoms with Crippen LogP contribution in [0.3, 0.4) is 0 Å². The molecule has 20 heavy (non-hydrogen) atoms. The van der Waals surface area contributed by atoms with E-state index in [1.54, 1.807) is 0 Å². The Morgan fingerprint density at radius 3 is 2.80 bits per heavy atom. The molecule has 1 aromatic carbocycles. The summed E-state index contributed by atoms with van der Waals surface area (Å²) >= 11 is 5.59. The number of carboxylic acids is 1. The van der Waals surface area contributed by atoms with E-state index < -0.39 is 23.8 Å². The Morgan fingerprint density at radius 1 is 1.55 bits per heavy atom. The fraction of sp³-hybridized carbons (Fsp3) is 0.231. The van der Waals surface area contributed by atoms with Crippen LogP contribution in [0, 0.1) is 5.82 Å². The highest BCUT2D eigenvalue weighted by Gasteiger charge is 2.16. The van der Waals surface area contributed by atoms with Gasteiger partial charge < -0.3 is 15.2 Å². The van der Waals surface area contributed by atoms with Crippen LogP contribution in [0.4, 0.5) is 4.39 Å². The summed E-state index contributed by atoms with van der Waals surface area (Å²) in [5.74, 6) is -2.20. The average Bonchev–Trinajstić information content (AvgIpc) is 2.40. The number of methoxy groups -OCH3 is 1. The van der Waals surface area contributed by atoms with Crippen LogP contribution in [0.2, 0.25) is 5.02 Å². The minimum Gasteiger partial charge on any atom is -0.479 e. The molecule has 0 spiro atoms. The van der Waals surface area contributed by atoms with Crippen LogP contribution < -0.4 is 5.32 Å². The lowest BCUT2D eigenvalue weighted by Crippen LogP contribution is -2.37. The highest BCUT2D eigenvalue weighted by atomic mass is 35.5. The second kappa shape index (κ2) is 7.62. The zero-order valence-electron chi connectivity index (χ0n) is 10.6. The van der Waals surface area contributed by atoms with Crippen molar-refractivity contribution in [2.75, 3.05) is 13.7 Å². The van der Waals surface area contributed by atoms with Crippen LogP contribution in [0.25, 0.3) is 6.08 Å². The first kappa shape index (κ1) is 16.1. The molecule has 0 fully saturated rings. The van der Waals surface area contributed by atoms with Crippen LogP contribution in [-0.2, 0) is 14.3 Å². The van der Waals surface area contributed by atoms with Crippen LogP contribution in [0.5, 0.6) is 0 Å². The van der Waals surface area contributed by atoms with Crippen molar-refractivity contribution in [2.24, 2.45) is 0 Å². The van der Waals surface area contributed by atoms with E-state index in [1.807, 2.05) is 0 Å². The minimum absolute atomic E-state index is 0.0436. The number of carboxylic acid groups (broad SMARTS) is 1. The third-order valence-electron chi connectivity index (χ3n) is 2.39. The number of ether oxygens (including phenoxy) is 1. The van der Waals surface area contributed by atoms with Crippen LogP contribution in [0.1, 0.15) is 5.56 Å². The fourth-order valence-electron chi connectivity index (χ4n) is 1.31. The zero-order valence-corrected chi connectivity index (χ0v) is 11.4. The Morgan fingerprint density at radius 2 is 2.25 bits per heavy atom. The second-order valence-corrected chi connectivity index (χ2v) is 4.22. The minimum atomic E-state index is -1.16. The molecule has 0 bridgehead atoms. The van der Waals surface area contributed by atoms with Crippen LogP contribution in [-0.4, -0.2) is 36.7 Å². The van der Waals surface area contributed by atoms with Gasteiger partial charge in [-0.05, 0) is 23.8 Å². The zero-order chi connectivity index (χ0) is 15.1. The monoisotopic (exact) mass is 301 g/mol. The van der Waals surface area contributed by atoms with Crippen molar-refractivity contribution in [1.29, 1.82) is 0 Å². The van der Waals surface area contributed by atoms with Gasteiger partial charge in [0.05, 0.1) is 11.6 Å². The molecule has 1 unspecified atom stereocenters. The van der Waals surface area contributed by atoms with Gasteiger partial charge in [0.25, 0.3) is 0 Å². The highest BCUT2D eigenvalue weighted by Crippen LogP contribution is 2.16. The molecule has 0 aromatic heterocycles. The van der Waals surface area contributed by atoms with E-state index in [0.717, 1.165) is 0 Å². The molecule has 1 amide bonds. The lowest BCUT2D eigenvalue weighted by molar-refractivity contribution is -0.148. The number of halogens is 2. The summed E-state index contributed by atoms with van der Waals surface area (Å²) in [6.45, 7) is -0.154. The number of hydrogen-bond donors (Lipinski definition) is 2. The van der Waals surface area contributed by atoms with Crippen molar-refractivity contribution < 1.29 is 23.8 Å². The molecule has 1 atom stereocenters. The van der Waals surface area contributed by atoms with Crippen molar-refractivity contribution in [3.8, 4) is 0 Å². The molecule has 108 valence electrons. The van der Waals surface area contributed by atoms with E-state index in [0.29, 0.717) is 5.56 Å². The van der Waals surface area contributed by atoms with Gasteiger partial charge in [0.2, 0.25) is 5.91 Å². The predicted octanol–water partition coefficient (Wildman–Crippen LogP) is 1.71. The van der Waals surface area contributed by atoms with Crippen LogP contribution in [0.15, 0.2) is 24.3 Å².